The van der Waals surface area contributed by atoms with Crippen LogP contribution in [0.4, 0.5) is 0 Å². The summed E-state index contributed by atoms with van der Waals surface area (Å²) in [6, 6.07) is 1.75. The van der Waals surface area contributed by atoms with Crippen molar-refractivity contribution in [1.82, 2.24) is 5.16 Å². The highest BCUT2D eigenvalue weighted by molar-refractivity contribution is 5.11. The van der Waals surface area contributed by atoms with E-state index in [0.717, 1.165) is 38.5 Å². The van der Waals surface area contributed by atoms with E-state index in [2.05, 4.69) is 38.9 Å². The van der Waals surface area contributed by atoms with Crippen molar-refractivity contribution in [3.05, 3.63) is 24.0 Å². The predicted molar refractivity (Wildman–Crippen MR) is 107 cm³/mol. The number of nitrogens with zero attached hydrogens (tertiary/aromatic N) is 1. The fraction of sp³-hybridized carbons (Fsp3) is 0.783. The summed E-state index contributed by atoms with van der Waals surface area (Å²) in [6.07, 6.45) is 9.81. The molecule has 0 radical (unpaired) electrons. The Balaban J connectivity index is 1.64. The van der Waals surface area contributed by atoms with Crippen molar-refractivity contribution in [2.24, 2.45) is 23.2 Å². The lowest BCUT2D eigenvalue weighted by molar-refractivity contribution is -0.0797. The number of epoxide rings is 1. The Morgan fingerprint density at radius 1 is 1.29 bits per heavy atom. The van der Waals surface area contributed by atoms with E-state index in [-0.39, 0.29) is 29.0 Å². The third kappa shape index (κ3) is 3.63. The maximum atomic E-state index is 11.3. The molecule has 156 valence electrons. The highest BCUT2D eigenvalue weighted by atomic mass is 16.6. The van der Waals surface area contributed by atoms with Crippen LogP contribution in [0.5, 0.6) is 5.88 Å². The van der Waals surface area contributed by atoms with Gasteiger partial charge in [-0.2, -0.15) is 0 Å². The van der Waals surface area contributed by atoms with E-state index in [9.17, 15) is 5.11 Å². The molecule has 5 nitrogen and oxygen atoms in total. The molecule has 3 aliphatic rings. The normalized spacial score (nSPS) is 45.8. The highest BCUT2D eigenvalue weighted by Crippen LogP contribution is 2.55. The molecule has 5 heteroatoms. The van der Waals surface area contributed by atoms with Gasteiger partial charge in [-0.3, -0.25) is 0 Å². The summed E-state index contributed by atoms with van der Waals surface area (Å²) in [5.41, 5.74) is 1.38. The summed E-state index contributed by atoms with van der Waals surface area (Å²) in [4.78, 5) is 0. The van der Waals surface area contributed by atoms with E-state index < -0.39 is 6.10 Å². The van der Waals surface area contributed by atoms with Gasteiger partial charge in [-0.25, -0.2) is 0 Å². The molecule has 0 aromatic carbocycles. The van der Waals surface area contributed by atoms with Crippen molar-refractivity contribution in [3.63, 3.8) is 0 Å². The van der Waals surface area contributed by atoms with Gasteiger partial charge in [-0.05, 0) is 74.8 Å². The van der Waals surface area contributed by atoms with Crippen LogP contribution in [-0.2, 0) is 4.74 Å². The van der Waals surface area contributed by atoms with Crippen molar-refractivity contribution in [2.45, 2.75) is 84.0 Å². The first-order chi connectivity index (χ1) is 13.3. The van der Waals surface area contributed by atoms with Crippen LogP contribution < -0.4 is 4.74 Å². The molecule has 1 saturated heterocycles. The van der Waals surface area contributed by atoms with Crippen LogP contribution in [0, 0.1) is 23.2 Å². The molecule has 1 aromatic heterocycles. The molecule has 4 rings (SSSR count). The summed E-state index contributed by atoms with van der Waals surface area (Å²) in [5, 5.41) is 15.2. The van der Waals surface area contributed by atoms with Crippen molar-refractivity contribution in [1.29, 1.82) is 0 Å². The number of hydrogen-bond donors (Lipinski definition) is 1. The number of aromatic nitrogens is 1. The Bertz CT molecular complexity index is 701. The summed E-state index contributed by atoms with van der Waals surface area (Å²) in [7, 11) is 0. The summed E-state index contributed by atoms with van der Waals surface area (Å²) in [6.45, 7) is 9.74. The second-order valence-electron chi connectivity index (χ2n) is 9.83. The minimum atomic E-state index is -0.438. The number of hydrogen-bond acceptors (Lipinski definition) is 5. The molecule has 1 saturated carbocycles. The molecule has 0 unspecified atom stereocenters. The lowest BCUT2D eigenvalue weighted by Gasteiger charge is -2.51. The van der Waals surface area contributed by atoms with Gasteiger partial charge in [-0.15, -0.1) is 0 Å². The average Bonchev–Trinajstić information content (AvgIpc) is 3.07. The van der Waals surface area contributed by atoms with Crippen molar-refractivity contribution >= 4 is 0 Å². The van der Waals surface area contributed by atoms with Crippen molar-refractivity contribution in [3.8, 4) is 5.88 Å². The average molecular weight is 390 g/mol. The summed E-state index contributed by atoms with van der Waals surface area (Å²) < 4.78 is 17.0. The SMILES string of the molecule is C/C1=C\CC[C@]2(C)O[C@@H]2[C@H](O)[C@@H]2CC[C@@H](C)[C@](C)(CC1)[C@H]2COc1ccon1. The molecule has 1 N–H and O–H groups in total. The Morgan fingerprint density at radius 3 is 2.86 bits per heavy atom. The summed E-state index contributed by atoms with van der Waals surface area (Å²) in [5.74, 6) is 1.55. The van der Waals surface area contributed by atoms with Gasteiger partial charge in [0.05, 0.1) is 18.3 Å². The van der Waals surface area contributed by atoms with E-state index in [0.29, 0.717) is 18.4 Å². The van der Waals surface area contributed by atoms with Crippen LogP contribution in [0.2, 0.25) is 0 Å². The van der Waals surface area contributed by atoms with E-state index in [4.69, 9.17) is 14.0 Å². The first-order valence-electron chi connectivity index (χ1n) is 10.9. The highest BCUT2D eigenvalue weighted by Gasteiger charge is 2.60. The molecule has 2 bridgehead atoms. The monoisotopic (exact) mass is 389 g/mol. The van der Waals surface area contributed by atoms with Gasteiger partial charge < -0.3 is 19.1 Å². The molecular formula is C23H35NO4. The van der Waals surface area contributed by atoms with Crippen molar-refractivity contribution < 1.29 is 19.1 Å². The molecule has 1 aliphatic heterocycles. The quantitative estimate of drug-likeness (QED) is 0.596. The number of rotatable bonds is 3. The van der Waals surface area contributed by atoms with Gasteiger partial charge in [0.15, 0.2) is 0 Å². The van der Waals surface area contributed by atoms with Crippen LogP contribution in [0.1, 0.15) is 66.2 Å². The molecule has 2 heterocycles. The van der Waals surface area contributed by atoms with E-state index in [1.54, 1.807) is 6.07 Å². The number of aliphatic hydroxyl groups is 1. The fourth-order valence-electron chi connectivity index (χ4n) is 5.72. The number of fused-ring (bicyclic) bond motifs is 3. The van der Waals surface area contributed by atoms with E-state index in [1.165, 1.54) is 11.8 Å². The number of ether oxygens (including phenoxy) is 2. The zero-order valence-corrected chi connectivity index (χ0v) is 17.7. The molecule has 0 amide bonds. The first kappa shape index (κ1) is 20.0. The standard InChI is InChI=1S/C23H35NO4/c1-15-6-5-11-23(4)21(28-23)20(25)17-8-7-16(2)22(3,12-9-15)18(17)14-26-19-10-13-27-24-19/h6,10,13,16-18,20-21,25H,5,7-9,11-12,14H2,1-4H3/b15-6+/t16-,17-,18+,20-,21-,22+,23+/m1/s1. The second kappa shape index (κ2) is 7.49. The Labute approximate surface area is 168 Å². The third-order valence-electron chi connectivity index (χ3n) is 8.13. The Hall–Kier alpha value is -1.33. The van der Waals surface area contributed by atoms with Gasteiger partial charge in [0.25, 0.3) is 5.88 Å². The van der Waals surface area contributed by atoms with Crippen LogP contribution in [0.3, 0.4) is 0 Å². The van der Waals surface area contributed by atoms with Gasteiger partial charge in [0, 0.05) is 12.0 Å². The van der Waals surface area contributed by atoms with Crippen LogP contribution in [-0.4, -0.2) is 34.7 Å². The molecule has 7 atom stereocenters. The first-order valence-corrected chi connectivity index (χ1v) is 10.9. The van der Waals surface area contributed by atoms with Crippen molar-refractivity contribution in [2.75, 3.05) is 6.61 Å². The van der Waals surface area contributed by atoms with Crippen LogP contribution >= 0.6 is 0 Å². The summed E-state index contributed by atoms with van der Waals surface area (Å²) >= 11 is 0. The predicted octanol–water partition coefficient (Wildman–Crippen LogP) is 4.76. The van der Waals surface area contributed by atoms with E-state index in [1.807, 2.05) is 0 Å². The maximum Gasteiger partial charge on any atom is 0.254 e. The second-order valence-corrected chi connectivity index (χ2v) is 9.83. The molecule has 28 heavy (non-hydrogen) atoms. The van der Waals surface area contributed by atoms with Gasteiger partial charge in [0.2, 0.25) is 0 Å². The van der Waals surface area contributed by atoms with Gasteiger partial charge in [0.1, 0.15) is 12.4 Å². The molecule has 1 aromatic rings. The largest absolute Gasteiger partial charge is 0.475 e. The Kier molecular flexibility index (Phi) is 5.34. The Morgan fingerprint density at radius 2 is 2.11 bits per heavy atom. The zero-order chi connectivity index (χ0) is 19.9. The molecule has 2 fully saturated rings. The maximum absolute atomic E-state index is 11.3. The van der Waals surface area contributed by atoms with Crippen LogP contribution in [0.15, 0.2) is 28.5 Å². The van der Waals surface area contributed by atoms with E-state index >= 15 is 0 Å². The number of allylic oxidation sites excluding steroid dienone is 2. The lowest BCUT2D eigenvalue weighted by Crippen LogP contribution is -2.50. The molecular weight excluding hydrogens is 354 g/mol. The topological polar surface area (TPSA) is 68.0 Å². The zero-order valence-electron chi connectivity index (χ0n) is 17.7. The van der Waals surface area contributed by atoms with Gasteiger partial charge >= 0.3 is 0 Å². The smallest absolute Gasteiger partial charge is 0.254 e. The minimum absolute atomic E-state index is 0.0576. The fourth-order valence-corrected chi connectivity index (χ4v) is 5.72. The third-order valence-corrected chi connectivity index (χ3v) is 8.13. The lowest BCUT2D eigenvalue weighted by atomic mass is 9.54. The molecule has 2 aliphatic carbocycles. The van der Waals surface area contributed by atoms with Gasteiger partial charge in [-0.1, -0.05) is 25.5 Å². The minimum Gasteiger partial charge on any atom is -0.475 e. The molecule has 0 spiro atoms. The number of aliphatic hydroxyl groups excluding tert-OH is 1. The van der Waals surface area contributed by atoms with Crippen LogP contribution in [0.25, 0.3) is 0 Å².